The maximum absolute atomic E-state index is 12.7. The van der Waals surface area contributed by atoms with Gasteiger partial charge in [0.15, 0.2) is 6.10 Å². The van der Waals surface area contributed by atoms with Crippen LogP contribution < -0.4 is 0 Å². The van der Waals surface area contributed by atoms with E-state index in [0.29, 0.717) is 26.1 Å². The predicted molar refractivity (Wildman–Crippen MR) is 243 cm³/mol. The third kappa shape index (κ3) is 45.6. The Bertz CT molecular complexity index is 769. The molecular weight excluding hydrogens is 693 g/mol. The van der Waals surface area contributed by atoms with Crippen LogP contribution in [0.4, 0.5) is 0 Å². The molecule has 1 atom stereocenters. The molecule has 5 nitrogen and oxygen atoms in total. The van der Waals surface area contributed by atoms with E-state index < -0.39 is 6.10 Å². The first-order chi connectivity index (χ1) is 27.6. The topological polar surface area (TPSA) is 61.8 Å². The van der Waals surface area contributed by atoms with E-state index in [0.717, 1.165) is 32.1 Å². The van der Waals surface area contributed by atoms with Crippen LogP contribution in [0.25, 0.3) is 0 Å². The van der Waals surface area contributed by atoms with E-state index in [2.05, 4.69) is 20.8 Å². The Morgan fingerprint density at radius 2 is 0.589 bits per heavy atom. The summed E-state index contributed by atoms with van der Waals surface area (Å²) in [4.78, 5) is 25.3. The summed E-state index contributed by atoms with van der Waals surface area (Å²) in [5.41, 5.74) is 0. The van der Waals surface area contributed by atoms with Crippen molar-refractivity contribution in [3.63, 3.8) is 0 Å². The monoisotopic (exact) mass is 793 g/mol. The van der Waals surface area contributed by atoms with Gasteiger partial charge in [0.1, 0.15) is 6.61 Å². The van der Waals surface area contributed by atoms with Crippen LogP contribution >= 0.6 is 0 Å². The highest BCUT2D eigenvalue weighted by Crippen LogP contribution is 2.16. The van der Waals surface area contributed by atoms with Crippen LogP contribution in [0.2, 0.25) is 0 Å². The molecule has 0 aliphatic heterocycles. The van der Waals surface area contributed by atoms with E-state index in [4.69, 9.17) is 14.2 Å². The van der Waals surface area contributed by atoms with Crippen LogP contribution in [0.5, 0.6) is 0 Å². The first-order valence-electron chi connectivity index (χ1n) is 25.6. The average Bonchev–Trinajstić information content (AvgIpc) is 3.20. The summed E-state index contributed by atoms with van der Waals surface area (Å²) in [6, 6.07) is 0. The zero-order valence-corrected chi connectivity index (χ0v) is 38.4. The minimum absolute atomic E-state index is 0.0973. The summed E-state index contributed by atoms with van der Waals surface area (Å²) in [7, 11) is 0. The van der Waals surface area contributed by atoms with E-state index >= 15 is 0 Å². The molecule has 0 N–H and O–H groups in total. The van der Waals surface area contributed by atoms with Crippen molar-refractivity contribution in [2.75, 3.05) is 19.8 Å². The van der Waals surface area contributed by atoms with Crippen LogP contribution in [0.1, 0.15) is 290 Å². The Balaban J connectivity index is 4.10. The van der Waals surface area contributed by atoms with Gasteiger partial charge in [0.05, 0.1) is 6.61 Å². The fraction of sp³-hybridized carbons (Fsp3) is 0.961. The van der Waals surface area contributed by atoms with Crippen LogP contribution in [0.15, 0.2) is 0 Å². The number of rotatable bonds is 48. The Hall–Kier alpha value is -1.10. The van der Waals surface area contributed by atoms with Gasteiger partial charge >= 0.3 is 11.9 Å². The number of unbranched alkanes of at least 4 members (excludes halogenated alkanes) is 37. The van der Waals surface area contributed by atoms with Crippen LogP contribution in [0.3, 0.4) is 0 Å². The number of ether oxygens (including phenoxy) is 3. The molecule has 0 aromatic carbocycles. The lowest BCUT2D eigenvalue weighted by Gasteiger charge is -2.18. The van der Waals surface area contributed by atoms with E-state index in [1.165, 1.54) is 225 Å². The number of carbonyl (C=O) groups excluding carboxylic acids is 2. The summed E-state index contributed by atoms with van der Waals surface area (Å²) < 4.78 is 17.4. The Labute approximate surface area is 351 Å². The maximum atomic E-state index is 12.7. The molecule has 56 heavy (non-hydrogen) atoms. The molecule has 0 aliphatic carbocycles. The SMILES string of the molecule is CCCCCCCCCCCCCCCCCCCC(=O)OCC(COCCCCCCCCCCCCCCCC)OC(=O)CCCCCCCCCCC. The molecule has 0 aromatic rings. The van der Waals surface area contributed by atoms with Crippen LogP contribution in [0, 0.1) is 0 Å². The van der Waals surface area contributed by atoms with Gasteiger partial charge in [-0.25, -0.2) is 0 Å². The number of hydrogen-bond acceptors (Lipinski definition) is 5. The molecule has 0 spiro atoms. The van der Waals surface area contributed by atoms with Crippen molar-refractivity contribution in [2.24, 2.45) is 0 Å². The third-order valence-electron chi connectivity index (χ3n) is 11.6. The van der Waals surface area contributed by atoms with Crippen molar-refractivity contribution in [2.45, 2.75) is 297 Å². The second-order valence-electron chi connectivity index (χ2n) is 17.5. The Morgan fingerprint density at radius 1 is 0.321 bits per heavy atom. The molecule has 0 fully saturated rings. The third-order valence-corrected chi connectivity index (χ3v) is 11.6. The standard InChI is InChI=1S/C51H100O5/c1-4-7-10-13-16-19-21-23-25-26-27-28-30-33-35-38-41-44-50(52)55-48-49(56-51(53)45-42-39-36-32-18-15-12-9-6-3)47-54-46-43-40-37-34-31-29-24-22-20-17-14-11-8-5-2/h49H,4-48H2,1-3H3. The smallest absolute Gasteiger partial charge is 0.306 e. The van der Waals surface area contributed by atoms with E-state index in [-0.39, 0.29) is 18.5 Å². The number of hydrogen-bond donors (Lipinski definition) is 0. The highest BCUT2D eigenvalue weighted by Gasteiger charge is 2.17. The van der Waals surface area contributed by atoms with Gasteiger partial charge in [-0.15, -0.1) is 0 Å². The molecule has 0 amide bonds. The van der Waals surface area contributed by atoms with Gasteiger partial charge in [0.25, 0.3) is 0 Å². The molecule has 0 bridgehead atoms. The first kappa shape index (κ1) is 54.9. The minimum Gasteiger partial charge on any atom is -0.462 e. The Morgan fingerprint density at radius 3 is 0.911 bits per heavy atom. The molecule has 0 aromatic heterocycles. The van der Waals surface area contributed by atoms with Crippen molar-refractivity contribution >= 4 is 11.9 Å². The molecule has 1 unspecified atom stereocenters. The molecule has 0 heterocycles. The number of esters is 2. The predicted octanol–water partition coefficient (Wildman–Crippen LogP) is 16.9. The van der Waals surface area contributed by atoms with Gasteiger partial charge in [-0.1, -0.05) is 258 Å². The van der Waals surface area contributed by atoms with E-state index in [9.17, 15) is 9.59 Å². The van der Waals surface area contributed by atoms with Crippen molar-refractivity contribution in [3.05, 3.63) is 0 Å². The van der Waals surface area contributed by atoms with Crippen molar-refractivity contribution < 1.29 is 23.8 Å². The van der Waals surface area contributed by atoms with Gasteiger partial charge < -0.3 is 14.2 Å². The molecule has 0 aliphatic rings. The lowest BCUT2D eigenvalue weighted by molar-refractivity contribution is -0.163. The second kappa shape index (κ2) is 48.3. The van der Waals surface area contributed by atoms with Gasteiger partial charge in [0, 0.05) is 19.4 Å². The lowest BCUT2D eigenvalue weighted by atomic mass is 10.0. The highest BCUT2D eigenvalue weighted by atomic mass is 16.6. The Kier molecular flexibility index (Phi) is 47.3. The van der Waals surface area contributed by atoms with Gasteiger partial charge in [-0.05, 0) is 19.3 Å². The second-order valence-corrected chi connectivity index (χ2v) is 17.5. The van der Waals surface area contributed by atoms with E-state index in [1.807, 2.05) is 0 Å². The van der Waals surface area contributed by atoms with Gasteiger partial charge in [-0.3, -0.25) is 9.59 Å². The summed E-state index contributed by atoms with van der Waals surface area (Å²) in [5, 5.41) is 0. The molecule has 5 heteroatoms. The molecule has 334 valence electrons. The minimum atomic E-state index is -0.521. The zero-order valence-electron chi connectivity index (χ0n) is 38.4. The summed E-state index contributed by atoms with van der Waals surface area (Å²) >= 11 is 0. The first-order valence-corrected chi connectivity index (χ1v) is 25.6. The maximum Gasteiger partial charge on any atom is 0.306 e. The largest absolute Gasteiger partial charge is 0.462 e. The van der Waals surface area contributed by atoms with Crippen molar-refractivity contribution in [3.8, 4) is 0 Å². The van der Waals surface area contributed by atoms with Crippen LogP contribution in [-0.2, 0) is 23.8 Å². The molecule has 0 rings (SSSR count). The molecule has 0 saturated heterocycles. The van der Waals surface area contributed by atoms with Crippen LogP contribution in [-0.4, -0.2) is 37.9 Å². The molecule has 0 radical (unpaired) electrons. The summed E-state index contributed by atoms with van der Waals surface area (Å²) in [5.74, 6) is -0.375. The summed E-state index contributed by atoms with van der Waals surface area (Å²) in [6.45, 7) is 7.89. The highest BCUT2D eigenvalue weighted by molar-refractivity contribution is 5.70. The number of carbonyl (C=O) groups is 2. The summed E-state index contributed by atoms with van der Waals surface area (Å²) in [6.07, 6.45) is 52.5. The lowest BCUT2D eigenvalue weighted by Crippen LogP contribution is -2.30. The zero-order chi connectivity index (χ0) is 40.7. The fourth-order valence-electron chi connectivity index (χ4n) is 7.81. The quantitative estimate of drug-likeness (QED) is 0.0454. The van der Waals surface area contributed by atoms with Crippen molar-refractivity contribution in [1.82, 2.24) is 0 Å². The normalized spacial score (nSPS) is 12.0. The molecule has 0 saturated carbocycles. The van der Waals surface area contributed by atoms with Gasteiger partial charge in [-0.2, -0.15) is 0 Å². The van der Waals surface area contributed by atoms with Crippen molar-refractivity contribution in [1.29, 1.82) is 0 Å². The van der Waals surface area contributed by atoms with Gasteiger partial charge in [0.2, 0.25) is 0 Å². The average molecular weight is 793 g/mol. The van der Waals surface area contributed by atoms with E-state index in [1.54, 1.807) is 0 Å². The fourth-order valence-corrected chi connectivity index (χ4v) is 7.81. The molecular formula is C51H100O5.